The van der Waals surface area contributed by atoms with Crippen molar-refractivity contribution in [2.75, 3.05) is 10.6 Å². The van der Waals surface area contributed by atoms with E-state index in [4.69, 9.17) is 10.5 Å². The molecule has 0 heterocycles. The Morgan fingerprint density at radius 3 is 2.24 bits per heavy atom. The van der Waals surface area contributed by atoms with Gasteiger partial charge in [0.1, 0.15) is 12.4 Å². The molecule has 6 heteroatoms. The van der Waals surface area contributed by atoms with E-state index in [9.17, 15) is 9.59 Å². The molecule has 0 spiro atoms. The van der Waals surface area contributed by atoms with Crippen LogP contribution >= 0.6 is 0 Å². The topological polar surface area (TPSA) is 93.5 Å². The number of anilines is 2. The Kier molecular flexibility index (Phi) is 6.62. The summed E-state index contributed by atoms with van der Waals surface area (Å²) in [5, 5.41) is 5.21. The van der Waals surface area contributed by atoms with Crippen LogP contribution in [0, 0.1) is 0 Å². The third-order valence-corrected chi connectivity index (χ3v) is 3.95. The van der Waals surface area contributed by atoms with E-state index in [2.05, 4.69) is 10.6 Å². The Balaban J connectivity index is 1.55. The average molecular weight is 387 g/mol. The quantitative estimate of drug-likeness (QED) is 0.524. The molecular formula is C23H21N3O3. The molecular weight excluding hydrogens is 366 g/mol. The van der Waals surface area contributed by atoms with Crippen LogP contribution in [-0.4, -0.2) is 11.9 Å². The molecule has 0 aliphatic heterocycles. The van der Waals surface area contributed by atoms with Crippen molar-refractivity contribution in [3.05, 3.63) is 96.1 Å². The number of nitrogens with one attached hydrogen (secondary N) is 2. The molecule has 0 atom stereocenters. The van der Waals surface area contributed by atoms with E-state index in [0.717, 1.165) is 16.9 Å². The Labute approximate surface area is 169 Å². The Bertz CT molecular complexity index is 999. The molecule has 6 nitrogen and oxygen atoms in total. The number of amides is 3. The lowest BCUT2D eigenvalue weighted by molar-refractivity contribution is -0.111. The number of rotatable bonds is 7. The van der Waals surface area contributed by atoms with Gasteiger partial charge in [0.2, 0.25) is 5.91 Å². The first-order valence-corrected chi connectivity index (χ1v) is 9.01. The van der Waals surface area contributed by atoms with Crippen molar-refractivity contribution in [3.63, 3.8) is 0 Å². The average Bonchev–Trinajstić information content (AvgIpc) is 2.73. The van der Waals surface area contributed by atoms with Gasteiger partial charge in [-0.1, -0.05) is 42.5 Å². The normalized spacial score (nSPS) is 10.5. The molecule has 0 fully saturated rings. The van der Waals surface area contributed by atoms with E-state index >= 15 is 0 Å². The van der Waals surface area contributed by atoms with Gasteiger partial charge in [0.05, 0.1) is 0 Å². The standard InChI is InChI=1S/C23H21N3O3/c24-23(28)26-20-12-10-19(11-13-20)25-22(27)14-9-17-7-4-8-21(15-17)29-16-18-5-2-1-3-6-18/h1-15H,16H2,(H,25,27)(H3,24,26,28)/b14-9+. The number of carbonyl (C=O) groups excluding carboxylic acids is 2. The highest BCUT2D eigenvalue weighted by molar-refractivity contribution is 6.02. The Morgan fingerprint density at radius 1 is 0.862 bits per heavy atom. The minimum absolute atomic E-state index is 0.267. The first kappa shape index (κ1) is 19.7. The maximum Gasteiger partial charge on any atom is 0.316 e. The van der Waals surface area contributed by atoms with Gasteiger partial charge >= 0.3 is 6.03 Å². The van der Waals surface area contributed by atoms with Crippen molar-refractivity contribution in [3.8, 4) is 5.75 Å². The molecule has 3 aromatic carbocycles. The SMILES string of the molecule is NC(=O)Nc1ccc(NC(=O)/C=C/c2cccc(OCc3ccccc3)c2)cc1. The summed E-state index contributed by atoms with van der Waals surface area (Å²) >= 11 is 0. The molecule has 0 unspecified atom stereocenters. The molecule has 0 aromatic heterocycles. The molecule has 0 radical (unpaired) electrons. The van der Waals surface area contributed by atoms with Gasteiger partial charge < -0.3 is 21.1 Å². The van der Waals surface area contributed by atoms with Crippen LogP contribution < -0.4 is 21.1 Å². The van der Waals surface area contributed by atoms with E-state index in [1.807, 2.05) is 54.6 Å². The number of hydrogen-bond acceptors (Lipinski definition) is 3. The summed E-state index contributed by atoms with van der Waals surface area (Å²) in [7, 11) is 0. The van der Waals surface area contributed by atoms with Gasteiger partial charge in [-0.05, 0) is 53.6 Å². The number of carbonyl (C=O) groups is 2. The third-order valence-electron chi connectivity index (χ3n) is 3.95. The predicted molar refractivity (Wildman–Crippen MR) is 115 cm³/mol. The molecule has 0 aliphatic rings. The van der Waals surface area contributed by atoms with Crippen molar-refractivity contribution in [2.24, 2.45) is 5.73 Å². The van der Waals surface area contributed by atoms with E-state index in [1.54, 1.807) is 30.3 Å². The fraction of sp³-hybridized carbons (Fsp3) is 0.0435. The zero-order valence-corrected chi connectivity index (χ0v) is 15.7. The highest BCUT2D eigenvalue weighted by atomic mass is 16.5. The fourth-order valence-corrected chi connectivity index (χ4v) is 2.58. The lowest BCUT2D eigenvalue weighted by atomic mass is 10.2. The van der Waals surface area contributed by atoms with Crippen LogP contribution in [0.4, 0.5) is 16.2 Å². The minimum Gasteiger partial charge on any atom is -0.489 e. The molecule has 0 aliphatic carbocycles. The zero-order chi connectivity index (χ0) is 20.5. The van der Waals surface area contributed by atoms with E-state index in [-0.39, 0.29) is 5.91 Å². The molecule has 0 saturated heterocycles. The van der Waals surface area contributed by atoms with Crippen LogP contribution in [0.5, 0.6) is 5.75 Å². The van der Waals surface area contributed by atoms with Gasteiger partial charge in [0.15, 0.2) is 0 Å². The largest absolute Gasteiger partial charge is 0.489 e. The summed E-state index contributed by atoms with van der Waals surface area (Å²) in [5.41, 5.74) is 8.16. The highest BCUT2D eigenvalue weighted by Gasteiger charge is 2.01. The summed E-state index contributed by atoms with van der Waals surface area (Å²) in [4.78, 5) is 22.9. The third kappa shape index (κ3) is 6.55. The van der Waals surface area contributed by atoms with Crippen molar-refractivity contribution in [2.45, 2.75) is 6.61 Å². The van der Waals surface area contributed by atoms with E-state index in [0.29, 0.717) is 18.0 Å². The smallest absolute Gasteiger partial charge is 0.316 e. The first-order chi connectivity index (χ1) is 14.1. The van der Waals surface area contributed by atoms with Crippen LogP contribution in [0.3, 0.4) is 0 Å². The molecule has 4 N–H and O–H groups in total. The summed E-state index contributed by atoms with van der Waals surface area (Å²) in [5.74, 6) is 0.463. The van der Waals surface area contributed by atoms with Crippen LogP contribution in [0.1, 0.15) is 11.1 Å². The van der Waals surface area contributed by atoms with Gasteiger partial charge in [-0.2, -0.15) is 0 Å². The van der Waals surface area contributed by atoms with E-state index in [1.165, 1.54) is 6.08 Å². The van der Waals surface area contributed by atoms with Crippen molar-refractivity contribution in [1.29, 1.82) is 0 Å². The molecule has 0 saturated carbocycles. The number of benzene rings is 3. The summed E-state index contributed by atoms with van der Waals surface area (Å²) in [6.07, 6.45) is 3.17. The highest BCUT2D eigenvalue weighted by Crippen LogP contribution is 2.17. The van der Waals surface area contributed by atoms with Gasteiger partial charge in [0, 0.05) is 17.5 Å². The van der Waals surface area contributed by atoms with Gasteiger partial charge in [-0.3, -0.25) is 4.79 Å². The summed E-state index contributed by atoms with van der Waals surface area (Å²) in [6.45, 7) is 0.481. The predicted octanol–water partition coefficient (Wildman–Crippen LogP) is 4.41. The van der Waals surface area contributed by atoms with Crippen molar-refractivity contribution in [1.82, 2.24) is 0 Å². The van der Waals surface area contributed by atoms with Gasteiger partial charge in [-0.25, -0.2) is 4.79 Å². The van der Waals surface area contributed by atoms with Gasteiger partial charge in [-0.15, -0.1) is 0 Å². The van der Waals surface area contributed by atoms with Crippen LogP contribution in [-0.2, 0) is 11.4 Å². The number of hydrogen-bond donors (Lipinski definition) is 3. The Morgan fingerprint density at radius 2 is 1.55 bits per heavy atom. The Hall–Kier alpha value is -4.06. The number of nitrogens with two attached hydrogens (primary N) is 1. The lowest BCUT2D eigenvalue weighted by Gasteiger charge is -2.07. The molecule has 0 bridgehead atoms. The minimum atomic E-state index is -0.639. The maximum atomic E-state index is 12.1. The van der Waals surface area contributed by atoms with Crippen LogP contribution in [0.2, 0.25) is 0 Å². The zero-order valence-electron chi connectivity index (χ0n) is 15.7. The second kappa shape index (κ2) is 9.75. The monoisotopic (exact) mass is 387 g/mol. The second-order valence-electron chi connectivity index (χ2n) is 6.24. The molecule has 29 heavy (non-hydrogen) atoms. The molecule has 3 aromatic rings. The van der Waals surface area contributed by atoms with E-state index < -0.39 is 6.03 Å². The first-order valence-electron chi connectivity index (χ1n) is 9.01. The molecule has 3 rings (SSSR count). The van der Waals surface area contributed by atoms with Crippen molar-refractivity contribution < 1.29 is 14.3 Å². The van der Waals surface area contributed by atoms with Crippen molar-refractivity contribution >= 4 is 29.4 Å². The number of ether oxygens (including phenoxy) is 1. The lowest BCUT2D eigenvalue weighted by Crippen LogP contribution is -2.19. The summed E-state index contributed by atoms with van der Waals surface area (Å²) in [6, 6.07) is 23.4. The molecule has 3 amide bonds. The number of primary amides is 1. The van der Waals surface area contributed by atoms with Crippen LogP contribution in [0.15, 0.2) is 84.9 Å². The number of urea groups is 1. The van der Waals surface area contributed by atoms with Crippen LogP contribution in [0.25, 0.3) is 6.08 Å². The summed E-state index contributed by atoms with van der Waals surface area (Å²) < 4.78 is 5.80. The second-order valence-corrected chi connectivity index (χ2v) is 6.24. The maximum absolute atomic E-state index is 12.1. The molecule has 146 valence electrons. The fourth-order valence-electron chi connectivity index (χ4n) is 2.58. The van der Waals surface area contributed by atoms with Gasteiger partial charge in [0.25, 0.3) is 0 Å².